The van der Waals surface area contributed by atoms with Crippen LogP contribution in [0.3, 0.4) is 0 Å². The summed E-state index contributed by atoms with van der Waals surface area (Å²) in [5.74, 6) is -0.0430. The molecule has 21 heavy (non-hydrogen) atoms. The third kappa shape index (κ3) is 3.35. The van der Waals surface area contributed by atoms with E-state index in [9.17, 15) is 8.78 Å². The van der Waals surface area contributed by atoms with Crippen molar-refractivity contribution in [2.75, 3.05) is 0 Å². The summed E-state index contributed by atoms with van der Waals surface area (Å²) in [5.41, 5.74) is 1.43. The molecule has 2 rings (SSSR count). The molecule has 0 bridgehead atoms. The molecule has 0 saturated heterocycles. The lowest BCUT2D eigenvalue weighted by molar-refractivity contribution is -0.0497. The maximum Gasteiger partial charge on any atom is 0.387 e. The molecule has 2 heterocycles. The van der Waals surface area contributed by atoms with Crippen molar-refractivity contribution in [1.29, 1.82) is 0 Å². The van der Waals surface area contributed by atoms with Gasteiger partial charge in [0.2, 0.25) is 0 Å². The number of aromatic nitrogens is 3. The smallest absolute Gasteiger partial charge is 0.387 e. The van der Waals surface area contributed by atoms with Crippen LogP contribution in [-0.2, 0) is 13.0 Å². The summed E-state index contributed by atoms with van der Waals surface area (Å²) in [4.78, 5) is 4.17. The van der Waals surface area contributed by atoms with Gasteiger partial charge >= 0.3 is 6.61 Å². The highest BCUT2D eigenvalue weighted by Gasteiger charge is 2.22. The van der Waals surface area contributed by atoms with Gasteiger partial charge in [-0.25, -0.2) is 4.98 Å². The summed E-state index contributed by atoms with van der Waals surface area (Å²) in [6.07, 6.45) is 2.14. The van der Waals surface area contributed by atoms with Crippen LogP contribution in [0.5, 0.6) is 5.75 Å². The number of halogens is 4. The SMILES string of the molecule is CCc1nn(CC)c(-c2ncc(Br)cc2OC(F)F)c1Cl. The number of hydrogen-bond acceptors (Lipinski definition) is 3. The number of hydrogen-bond donors (Lipinski definition) is 0. The Balaban J connectivity index is 2.63. The second-order valence-electron chi connectivity index (χ2n) is 4.16. The van der Waals surface area contributed by atoms with Crippen LogP contribution < -0.4 is 4.74 Å². The van der Waals surface area contributed by atoms with Crippen molar-refractivity contribution in [2.45, 2.75) is 33.4 Å². The fourth-order valence-electron chi connectivity index (χ4n) is 1.95. The molecule has 0 aromatic carbocycles. The number of pyridine rings is 1. The normalized spacial score (nSPS) is 11.2. The summed E-state index contributed by atoms with van der Waals surface area (Å²) in [6, 6.07) is 1.43. The lowest BCUT2D eigenvalue weighted by Crippen LogP contribution is -2.07. The lowest BCUT2D eigenvalue weighted by atomic mass is 10.2. The summed E-state index contributed by atoms with van der Waals surface area (Å²) in [7, 11) is 0. The van der Waals surface area contributed by atoms with E-state index in [0.717, 1.165) is 0 Å². The van der Waals surface area contributed by atoms with Gasteiger partial charge in [0.1, 0.15) is 11.4 Å². The van der Waals surface area contributed by atoms with E-state index in [1.807, 2.05) is 13.8 Å². The fourth-order valence-corrected chi connectivity index (χ4v) is 2.62. The first-order chi connectivity index (χ1) is 9.97. The van der Waals surface area contributed by atoms with Crippen molar-refractivity contribution in [3.8, 4) is 17.1 Å². The average Bonchev–Trinajstić information content (AvgIpc) is 2.75. The largest absolute Gasteiger partial charge is 0.432 e. The minimum atomic E-state index is -2.94. The summed E-state index contributed by atoms with van der Waals surface area (Å²) in [5, 5.41) is 4.77. The molecule has 4 nitrogen and oxygen atoms in total. The highest BCUT2D eigenvalue weighted by atomic mass is 79.9. The van der Waals surface area contributed by atoms with Crippen LogP contribution in [0, 0.1) is 0 Å². The number of nitrogens with zero attached hydrogens (tertiary/aromatic N) is 3. The summed E-state index contributed by atoms with van der Waals surface area (Å²) in [6.45, 7) is 1.41. The summed E-state index contributed by atoms with van der Waals surface area (Å²) >= 11 is 9.50. The van der Waals surface area contributed by atoms with Gasteiger partial charge in [0, 0.05) is 17.2 Å². The first kappa shape index (κ1) is 16.2. The number of ether oxygens (including phenoxy) is 1. The van der Waals surface area contributed by atoms with E-state index in [0.29, 0.717) is 33.8 Å². The van der Waals surface area contributed by atoms with E-state index < -0.39 is 6.61 Å². The Labute approximate surface area is 134 Å². The average molecular weight is 381 g/mol. The molecular weight excluding hydrogens is 368 g/mol. The van der Waals surface area contributed by atoms with Crippen molar-refractivity contribution in [2.24, 2.45) is 0 Å². The highest BCUT2D eigenvalue weighted by molar-refractivity contribution is 9.10. The molecular formula is C13H13BrClF2N3O. The number of alkyl halides is 2. The molecule has 0 fully saturated rings. The van der Waals surface area contributed by atoms with Gasteiger partial charge in [-0.2, -0.15) is 13.9 Å². The Bertz CT molecular complexity index is 649. The zero-order valence-corrected chi connectivity index (χ0v) is 13.7. The Morgan fingerprint density at radius 1 is 1.43 bits per heavy atom. The molecule has 0 atom stereocenters. The minimum Gasteiger partial charge on any atom is -0.432 e. The number of rotatable bonds is 5. The zero-order chi connectivity index (χ0) is 15.6. The van der Waals surface area contributed by atoms with E-state index >= 15 is 0 Å². The molecule has 0 unspecified atom stereocenters. The van der Waals surface area contributed by atoms with Gasteiger partial charge in [0.05, 0.1) is 10.7 Å². The third-order valence-corrected chi connectivity index (χ3v) is 3.69. The van der Waals surface area contributed by atoms with E-state index in [4.69, 9.17) is 11.6 Å². The number of aryl methyl sites for hydroxylation is 2. The molecule has 0 spiro atoms. The second kappa shape index (κ2) is 6.70. The van der Waals surface area contributed by atoms with Crippen LogP contribution in [-0.4, -0.2) is 21.4 Å². The van der Waals surface area contributed by atoms with Gasteiger partial charge in [-0.15, -0.1) is 0 Å². The molecule has 0 aliphatic rings. The van der Waals surface area contributed by atoms with Crippen LogP contribution in [0.25, 0.3) is 11.4 Å². The Morgan fingerprint density at radius 3 is 2.71 bits per heavy atom. The molecule has 0 saturated carbocycles. The molecule has 2 aromatic rings. The Hall–Kier alpha value is -1.21. The first-order valence-corrected chi connectivity index (χ1v) is 7.50. The minimum absolute atomic E-state index is 0.0430. The second-order valence-corrected chi connectivity index (χ2v) is 5.45. The van der Waals surface area contributed by atoms with Crippen LogP contribution in [0.4, 0.5) is 8.78 Å². The van der Waals surface area contributed by atoms with Crippen molar-refractivity contribution in [3.63, 3.8) is 0 Å². The van der Waals surface area contributed by atoms with Crippen LogP contribution in [0.2, 0.25) is 5.02 Å². The van der Waals surface area contributed by atoms with Crippen molar-refractivity contribution in [3.05, 3.63) is 27.5 Å². The third-order valence-electron chi connectivity index (χ3n) is 2.85. The van der Waals surface area contributed by atoms with Gasteiger partial charge in [-0.05, 0) is 35.3 Å². The maximum atomic E-state index is 12.6. The molecule has 2 aromatic heterocycles. The van der Waals surface area contributed by atoms with Crippen LogP contribution in [0.1, 0.15) is 19.5 Å². The highest BCUT2D eigenvalue weighted by Crippen LogP contribution is 2.37. The quantitative estimate of drug-likeness (QED) is 0.764. The Kier molecular flexibility index (Phi) is 5.16. The lowest BCUT2D eigenvalue weighted by Gasteiger charge is -2.11. The van der Waals surface area contributed by atoms with Gasteiger partial charge in [0.15, 0.2) is 5.75 Å². The maximum absolute atomic E-state index is 12.6. The molecule has 0 aliphatic carbocycles. The molecule has 0 amide bonds. The Morgan fingerprint density at radius 2 is 2.14 bits per heavy atom. The van der Waals surface area contributed by atoms with Crippen molar-refractivity contribution < 1.29 is 13.5 Å². The molecule has 0 N–H and O–H groups in total. The topological polar surface area (TPSA) is 39.9 Å². The standard InChI is InChI=1S/C13H13BrClF2N3O/c1-3-8-10(15)12(20(4-2)19-8)11-9(21-13(16)17)5-7(14)6-18-11/h5-6,13H,3-4H2,1-2H3. The van der Waals surface area contributed by atoms with E-state index in [2.05, 4.69) is 30.7 Å². The van der Waals surface area contributed by atoms with Crippen LogP contribution >= 0.6 is 27.5 Å². The van der Waals surface area contributed by atoms with Gasteiger partial charge in [-0.3, -0.25) is 4.68 Å². The molecule has 114 valence electrons. The summed E-state index contributed by atoms with van der Waals surface area (Å²) < 4.78 is 31.9. The molecule has 0 radical (unpaired) electrons. The predicted molar refractivity (Wildman–Crippen MR) is 79.9 cm³/mol. The van der Waals surface area contributed by atoms with Crippen molar-refractivity contribution >= 4 is 27.5 Å². The zero-order valence-electron chi connectivity index (χ0n) is 11.4. The first-order valence-electron chi connectivity index (χ1n) is 6.33. The van der Waals surface area contributed by atoms with E-state index in [1.165, 1.54) is 12.3 Å². The van der Waals surface area contributed by atoms with Gasteiger partial charge in [-0.1, -0.05) is 18.5 Å². The van der Waals surface area contributed by atoms with E-state index in [1.54, 1.807) is 4.68 Å². The van der Waals surface area contributed by atoms with E-state index in [-0.39, 0.29) is 11.4 Å². The van der Waals surface area contributed by atoms with Gasteiger partial charge < -0.3 is 4.74 Å². The molecule has 0 aliphatic heterocycles. The van der Waals surface area contributed by atoms with Crippen LogP contribution in [0.15, 0.2) is 16.7 Å². The predicted octanol–water partition coefficient (Wildman–Crippen LogP) is 4.54. The van der Waals surface area contributed by atoms with Crippen molar-refractivity contribution in [1.82, 2.24) is 14.8 Å². The fraction of sp³-hybridized carbons (Fsp3) is 0.385. The molecule has 8 heteroatoms. The monoisotopic (exact) mass is 379 g/mol. The van der Waals surface area contributed by atoms with Gasteiger partial charge in [0.25, 0.3) is 0 Å².